The van der Waals surface area contributed by atoms with Crippen molar-refractivity contribution in [3.05, 3.63) is 35.9 Å². The van der Waals surface area contributed by atoms with Gasteiger partial charge in [-0.15, -0.1) is 0 Å². The first kappa shape index (κ1) is 14.9. The number of carboxylic acid groups (broad SMARTS) is 1. The van der Waals surface area contributed by atoms with Gasteiger partial charge in [0.15, 0.2) is 0 Å². The van der Waals surface area contributed by atoms with E-state index in [0.717, 1.165) is 6.08 Å². The molecule has 0 radical (unpaired) electrons. The molecular weight excluding hydrogens is 244 g/mol. The summed E-state index contributed by atoms with van der Waals surface area (Å²) in [6.45, 7) is 3.55. The summed E-state index contributed by atoms with van der Waals surface area (Å²) in [5.41, 5.74) is 0.663. The van der Waals surface area contributed by atoms with Crippen molar-refractivity contribution >= 4 is 23.6 Å². The summed E-state index contributed by atoms with van der Waals surface area (Å²) in [6, 6.07) is 6.98. The van der Waals surface area contributed by atoms with Gasteiger partial charge in [-0.2, -0.15) is 0 Å². The van der Waals surface area contributed by atoms with Crippen LogP contribution in [0.4, 0.5) is 5.69 Å². The zero-order valence-corrected chi connectivity index (χ0v) is 11.2. The summed E-state index contributed by atoms with van der Waals surface area (Å²) in [5.74, 6) is -1.17. The molecule has 0 spiro atoms. The number of benzene rings is 1. The molecule has 0 fully saturated rings. The standard InChI is InChI=1S/C14H18N2O3/c1-14(2,15-3)13(19)16-11-6-4-5-10(9-11)7-8-12(17)18/h4-9,15H,1-3H3,(H,16,19)(H,17,18)/b8-7+. The molecule has 0 saturated heterocycles. The third-order valence-electron chi connectivity index (χ3n) is 2.76. The second-order valence-corrected chi connectivity index (χ2v) is 4.63. The lowest BCUT2D eigenvalue weighted by atomic mass is 10.0. The zero-order chi connectivity index (χ0) is 14.5. The summed E-state index contributed by atoms with van der Waals surface area (Å²) < 4.78 is 0. The molecule has 0 aliphatic rings. The van der Waals surface area contributed by atoms with Crippen LogP contribution in [-0.4, -0.2) is 29.6 Å². The van der Waals surface area contributed by atoms with E-state index in [1.165, 1.54) is 6.08 Å². The number of nitrogens with one attached hydrogen (secondary N) is 2. The van der Waals surface area contributed by atoms with Gasteiger partial charge in [0, 0.05) is 11.8 Å². The number of hydrogen-bond donors (Lipinski definition) is 3. The van der Waals surface area contributed by atoms with E-state index in [9.17, 15) is 9.59 Å². The maximum atomic E-state index is 12.0. The van der Waals surface area contributed by atoms with E-state index in [1.54, 1.807) is 45.2 Å². The van der Waals surface area contributed by atoms with Crippen LogP contribution in [-0.2, 0) is 9.59 Å². The second-order valence-electron chi connectivity index (χ2n) is 4.63. The molecule has 0 unspecified atom stereocenters. The highest BCUT2D eigenvalue weighted by Gasteiger charge is 2.24. The van der Waals surface area contributed by atoms with Crippen LogP contribution in [0.2, 0.25) is 0 Å². The van der Waals surface area contributed by atoms with Gasteiger partial charge in [0.25, 0.3) is 0 Å². The molecule has 0 aliphatic carbocycles. The Morgan fingerprint density at radius 2 is 2.00 bits per heavy atom. The van der Waals surface area contributed by atoms with Crippen molar-refractivity contribution in [2.75, 3.05) is 12.4 Å². The largest absolute Gasteiger partial charge is 0.478 e. The Bertz CT molecular complexity index is 507. The molecule has 3 N–H and O–H groups in total. The number of rotatable bonds is 5. The topological polar surface area (TPSA) is 78.4 Å². The maximum absolute atomic E-state index is 12.0. The Balaban J connectivity index is 2.83. The number of carboxylic acids is 1. The third kappa shape index (κ3) is 4.56. The molecular formula is C14H18N2O3. The molecule has 19 heavy (non-hydrogen) atoms. The average Bonchev–Trinajstić information content (AvgIpc) is 2.36. The van der Waals surface area contributed by atoms with Gasteiger partial charge >= 0.3 is 5.97 Å². The molecule has 1 aromatic carbocycles. The number of aliphatic carboxylic acids is 1. The van der Waals surface area contributed by atoms with Crippen LogP contribution in [0.3, 0.4) is 0 Å². The Morgan fingerprint density at radius 1 is 1.32 bits per heavy atom. The molecule has 102 valence electrons. The highest BCUT2D eigenvalue weighted by atomic mass is 16.4. The van der Waals surface area contributed by atoms with Crippen LogP contribution in [0.15, 0.2) is 30.3 Å². The lowest BCUT2D eigenvalue weighted by Crippen LogP contribution is -2.47. The van der Waals surface area contributed by atoms with E-state index in [1.807, 2.05) is 0 Å². The molecule has 0 bridgehead atoms. The fourth-order valence-corrected chi connectivity index (χ4v) is 1.29. The normalized spacial score (nSPS) is 11.5. The third-order valence-corrected chi connectivity index (χ3v) is 2.76. The fourth-order valence-electron chi connectivity index (χ4n) is 1.29. The van der Waals surface area contributed by atoms with E-state index in [-0.39, 0.29) is 5.91 Å². The first-order valence-electron chi connectivity index (χ1n) is 5.86. The van der Waals surface area contributed by atoms with E-state index in [4.69, 9.17) is 5.11 Å². The Kier molecular flexibility index (Phi) is 4.83. The van der Waals surface area contributed by atoms with E-state index >= 15 is 0 Å². The summed E-state index contributed by atoms with van der Waals surface area (Å²) in [6.07, 6.45) is 2.53. The molecule has 5 nitrogen and oxygen atoms in total. The molecule has 0 aromatic heterocycles. The second kappa shape index (κ2) is 6.15. The van der Waals surface area contributed by atoms with Crippen LogP contribution < -0.4 is 10.6 Å². The lowest BCUT2D eigenvalue weighted by molar-refractivity contribution is -0.131. The Morgan fingerprint density at radius 3 is 2.58 bits per heavy atom. The van der Waals surface area contributed by atoms with Gasteiger partial charge < -0.3 is 15.7 Å². The van der Waals surface area contributed by atoms with Crippen molar-refractivity contribution in [1.82, 2.24) is 5.32 Å². The van der Waals surface area contributed by atoms with E-state index < -0.39 is 11.5 Å². The number of amides is 1. The van der Waals surface area contributed by atoms with Crippen molar-refractivity contribution in [3.8, 4) is 0 Å². The van der Waals surface area contributed by atoms with Crippen molar-refractivity contribution in [3.63, 3.8) is 0 Å². The number of anilines is 1. The van der Waals surface area contributed by atoms with Crippen LogP contribution >= 0.6 is 0 Å². The monoisotopic (exact) mass is 262 g/mol. The molecule has 1 amide bonds. The van der Waals surface area contributed by atoms with E-state index in [0.29, 0.717) is 11.3 Å². The van der Waals surface area contributed by atoms with Gasteiger partial charge in [0.1, 0.15) is 0 Å². The number of carbonyl (C=O) groups excluding carboxylic acids is 1. The summed E-state index contributed by atoms with van der Waals surface area (Å²) in [5, 5.41) is 14.3. The van der Waals surface area contributed by atoms with Crippen molar-refractivity contribution in [2.45, 2.75) is 19.4 Å². The Hall–Kier alpha value is -2.14. The maximum Gasteiger partial charge on any atom is 0.328 e. The first-order valence-corrected chi connectivity index (χ1v) is 5.86. The molecule has 5 heteroatoms. The van der Waals surface area contributed by atoms with Crippen LogP contribution in [0.25, 0.3) is 6.08 Å². The lowest BCUT2D eigenvalue weighted by Gasteiger charge is -2.22. The fraction of sp³-hybridized carbons (Fsp3) is 0.286. The summed E-state index contributed by atoms with van der Waals surface area (Å²) in [7, 11) is 1.71. The van der Waals surface area contributed by atoms with Crippen molar-refractivity contribution in [2.24, 2.45) is 0 Å². The highest BCUT2D eigenvalue weighted by molar-refractivity contribution is 5.97. The average molecular weight is 262 g/mol. The molecule has 1 aromatic rings. The van der Waals surface area contributed by atoms with Gasteiger partial charge in [0.05, 0.1) is 5.54 Å². The molecule has 0 atom stereocenters. The molecule has 0 saturated carbocycles. The molecule has 0 aliphatic heterocycles. The van der Waals surface area contributed by atoms with E-state index in [2.05, 4.69) is 10.6 Å². The van der Waals surface area contributed by atoms with Gasteiger partial charge in [-0.1, -0.05) is 12.1 Å². The minimum absolute atomic E-state index is 0.158. The summed E-state index contributed by atoms with van der Waals surface area (Å²) >= 11 is 0. The number of hydrogen-bond acceptors (Lipinski definition) is 3. The predicted octanol–water partition coefficient (Wildman–Crippen LogP) is 1.72. The SMILES string of the molecule is CNC(C)(C)C(=O)Nc1cccc(/C=C/C(=O)O)c1. The van der Waals surface area contributed by atoms with Crippen LogP contribution in [0.1, 0.15) is 19.4 Å². The van der Waals surface area contributed by atoms with Gasteiger partial charge in [-0.3, -0.25) is 4.79 Å². The molecule has 0 heterocycles. The smallest absolute Gasteiger partial charge is 0.328 e. The highest BCUT2D eigenvalue weighted by Crippen LogP contribution is 2.14. The Labute approximate surface area is 112 Å². The van der Waals surface area contributed by atoms with Gasteiger partial charge in [0.2, 0.25) is 5.91 Å². The van der Waals surface area contributed by atoms with Crippen molar-refractivity contribution in [1.29, 1.82) is 0 Å². The minimum Gasteiger partial charge on any atom is -0.478 e. The first-order chi connectivity index (χ1) is 8.85. The predicted molar refractivity (Wildman–Crippen MR) is 74.9 cm³/mol. The zero-order valence-electron chi connectivity index (χ0n) is 11.2. The van der Waals surface area contributed by atoms with Crippen LogP contribution in [0.5, 0.6) is 0 Å². The van der Waals surface area contributed by atoms with Crippen LogP contribution in [0, 0.1) is 0 Å². The van der Waals surface area contributed by atoms with Gasteiger partial charge in [-0.05, 0) is 44.7 Å². The quantitative estimate of drug-likeness (QED) is 0.706. The van der Waals surface area contributed by atoms with Gasteiger partial charge in [-0.25, -0.2) is 4.79 Å². The summed E-state index contributed by atoms with van der Waals surface area (Å²) in [4.78, 5) is 22.4. The minimum atomic E-state index is -1.01. The molecule has 1 rings (SSSR count). The number of likely N-dealkylation sites (N-methyl/N-ethyl adjacent to an activating group) is 1. The van der Waals surface area contributed by atoms with Crippen molar-refractivity contribution < 1.29 is 14.7 Å². The number of carbonyl (C=O) groups is 2.